The summed E-state index contributed by atoms with van der Waals surface area (Å²) in [6.07, 6.45) is 2.60. The van der Waals surface area contributed by atoms with Gasteiger partial charge in [0.05, 0.1) is 19.4 Å². The van der Waals surface area contributed by atoms with E-state index in [-0.39, 0.29) is 24.4 Å². The number of halogens is 1. The van der Waals surface area contributed by atoms with E-state index in [9.17, 15) is 12.8 Å². The molecule has 2 heterocycles. The second kappa shape index (κ2) is 7.96. The third-order valence-corrected chi connectivity index (χ3v) is 5.87. The molecule has 9 heteroatoms. The third kappa shape index (κ3) is 4.67. The van der Waals surface area contributed by atoms with Gasteiger partial charge in [-0.25, -0.2) is 17.8 Å². The molecule has 1 fully saturated rings. The zero-order valence-corrected chi connectivity index (χ0v) is 15.2. The van der Waals surface area contributed by atoms with Crippen LogP contribution in [-0.4, -0.2) is 49.0 Å². The van der Waals surface area contributed by atoms with E-state index in [1.54, 1.807) is 12.1 Å². The van der Waals surface area contributed by atoms with Gasteiger partial charge in [0.2, 0.25) is 15.9 Å². The van der Waals surface area contributed by atoms with Gasteiger partial charge < -0.3 is 9.47 Å². The summed E-state index contributed by atoms with van der Waals surface area (Å²) in [6, 6.07) is 7.42. The van der Waals surface area contributed by atoms with Gasteiger partial charge in [0.1, 0.15) is 11.9 Å². The topological polar surface area (TPSA) is 81.6 Å². The van der Waals surface area contributed by atoms with E-state index in [0.29, 0.717) is 24.4 Å². The Morgan fingerprint density at radius 3 is 2.96 bits per heavy atom. The van der Waals surface area contributed by atoms with Crippen LogP contribution in [0.5, 0.6) is 11.9 Å². The molecule has 0 bridgehead atoms. The Balaban J connectivity index is 1.67. The van der Waals surface area contributed by atoms with Gasteiger partial charge in [-0.3, -0.25) is 0 Å². The van der Waals surface area contributed by atoms with Crippen molar-refractivity contribution in [2.24, 2.45) is 0 Å². The minimum atomic E-state index is -3.56. The van der Waals surface area contributed by atoms with Crippen molar-refractivity contribution in [3.8, 4) is 11.9 Å². The van der Waals surface area contributed by atoms with Crippen molar-refractivity contribution in [3.05, 3.63) is 47.9 Å². The maximum Gasteiger partial charge on any atom is 0.319 e. The Bertz CT molecular complexity index is 863. The van der Waals surface area contributed by atoms with Crippen LogP contribution in [-0.2, 0) is 15.8 Å². The molecule has 1 aliphatic rings. The zero-order valence-electron chi connectivity index (χ0n) is 14.3. The van der Waals surface area contributed by atoms with Gasteiger partial charge >= 0.3 is 6.01 Å². The van der Waals surface area contributed by atoms with Crippen molar-refractivity contribution in [2.45, 2.75) is 24.7 Å². The predicted octanol–water partition coefficient (Wildman–Crippen LogP) is 2.00. The first kappa shape index (κ1) is 18.5. The lowest BCUT2D eigenvalue weighted by Gasteiger charge is -2.31. The molecule has 2 aromatic rings. The molecule has 0 N–H and O–H groups in total. The molecule has 26 heavy (non-hydrogen) atoms. The highest BCUT2D eigenvalue weighted by atomic mass is 32.2. The lowest BCUT2D eigenvalue weighted by atomic mass is 10.1. The molecule has 1 unspecified atom stereocenters. The van der Waals surface area contributed by atoms with E-state index >= 15 is 0 Å². The molecule has 0 spiro atoms. The second-order valence-corrected chi connectivity index (χ2v) is 7.98. The number of hydrogen-bond acceptors (Lipinski definition) is 6. The molecule has 1 aromatic carbocycles. The van der Waals surface area contributed by atoms with Crippen molar-refractivity contribution >= 4 is 10.0 Å². The Labute approximate surface area is 151 Å². The predicted molar refractivity (Wildman–Crippen MR) is 92.8 cm³/mol. The van der Waals surface area contributed by atoms with E-state index in [1.165, 1.54) is 35.8 Å². The average molecular weight is 381 g/mol. The maximum atomic E-state index is 13.3. The smallest absolute Gasteiger partial charge is 0.319 e. The number of piperidine rings is 1. The number of sulfonamides is 1. The molecule has 1 atom stereocenters. The van der Waals surface area contributed by atoms with Gasteiger partial charge in [0.25, 0.3) is 0 Å². The van der Waals surface area contributed by atoms with Crippen LogP contribution in [0.25, 0.3) is 0 Å². The lowest BCUT2D eigenvalue weighted by molar-refractivity contribution is 0.123. The minimum absolute atomic E-state index is 0.189. The molecular formula is C17H20FN3O4S. The molecule has 1 saturated heterocycles. The Morgan fingerprint density at radius 1 is 1.35 bits per heavy atom. The maximum absolute atomic E-state index is 13.3. The number of rotatable bonds is 6. The van der Waals surface area contributed by atoms with Crippen LogP contribution in [0.4, 0.5) is 4.39 Å². The molecule has 140 valence electrons. The largest absolute Gasteiger partial charge is 0.473 e. The summed E-state index contributed by atoms with van der Waals surface area (Å²) >= 11 is 0. The minimum Gasteiger partial charge on any atom is -0.473 e. The van der Waals surface area contributed by atoms with Gasteiger partial charge in [-0.2, -0.15) is 9.29 Å². The van der Waals surface area contributed by atoms with Crippen molar-refractivity contribution in [1.82, 2.24) is 14.3 Å². The van der Waals surface area contributed by atoms with Crippen LogP contribution in [0, 0.1) is 5.82 Å². The second-order valence-electron chi connectivity index (χ2n) is 6.01. The molecule has 0 radical (unpaired) electrons. The number of aromatic nitrogens is 2. The molecular weight excluding hydrogens is 361 g/mol. The molecule has 0 saturated carbocycles. The van der Waals surface area contributed by atoms with Crippen molar-refractivity contribution in [2.75, 3.05) is 20.2 Å². The molecule has 1 aliphatic heterocycles. The van der Waals surface area contributed by atoms with Crippen molar-refractivity contribution in [3.63, 3.8) is 0 Å². The third-order valence-electron chi connectivity index (χ3n) is 4.05. The fraction of sp³-hybridized carbons (Fsp3) is 0.412. The number of ether oxygens (including phenoxy) is 2. The summed E-state index contributed by atoms with van der Waals surface area (Å²) in [5.41, 5.74) is 0.425. The van der Waals surface area contributed by atoms with E-state index in [0.717, 1.165) is 6.42 Å². The first-order valence-corrected chi connectivity index (χ1v) is 9.83. The van der Waals surface area contributed by atoms with Gasteiger partial charge in [-0.1, -0.05) is 12.1 Å². The van der Waals surface area contributed by atoms with Crippen LogP contribution in [0.15, 0.2) is 36.5 Å². The molecule has 3 rings (SSSR count). The lowest BCUT2D eigenvalue weighted by Crippen LogP contribution is -2.44. The Kier molecular flexibility index (Phi) is 5.67. The van der Waals surface area contributed by atoms with Crippen molar-refractivity contribution < 1.29 is 22.3 Å². The van der Waals surface area contributed by atoms with E-state index in [2.05, 4.69) is 9.97 Å². The summed E-state index contributed by atoms with van der Waals surface area (Å²) < 4.78 is 50.8. The van der Waals surface area contributed by atoms with E-state index in [1.807, 2.05) is 0 Å². The van der Waals surface area contributed by atoms with Crippen molar-refractivity contribution in [1.29, 1.82) is 0 Å². The Hall–Kier alpha value is -2.26. The highest BCUT2D eigenvalue weighted by Gasteiger charge is 2.30. The number of benzene rings is 1. The summed E-state index contributed by atoms with van der Waals surface area (Å²) in [6.45, 7) is 0.647. The number of hydrogen-bond donors (Lipinski definition) is 0. The highest BCUT2D eigenvalue weighted by molar-refractivity contribution is 7.88. The van der Waals surface area contributed by atoms with Crippen LogP contribution in [0.3, 0.4) is 0 Å². The first-order valence-electron chi connectivity index (χ1n) is 8.22. The summed E-state index contributed by atoms with van der Waals surface area (Å²) in [4.78, 5) is 7.99. The van der Waals surface area contributed by atoms with Gasteiger partial charge in [-0.05, 0) is 30.5 Å². The monoisotopic (exact) mass is 381 g/mol. The highest BCUT2D eigenvalue weighted by Crippen LogP contribution is 2.21. The molecule has 0 amide bonds. The van der Waals surface area contributed by atoms with Crippen LogP contribution in [0.2, 0.25) is 0 Å². The van der Waals surface area contributed by atoms with Crippen LogP contribution in [0.1, 0.15) is 18.4 Å². The average Bonchev–Trinajstić information content (AvgIpc) is 2.62. The fourth-order valence-corrected chi connectivity index (χ4v) is 4.43. The zero-order chi connectivity index (χ0) is 18.6. The fourth-order valence-electron chi connectivity index (χ4n) is 2.84. The number of nitrogens with zero attached hydrogens (tertiary/aromatic N) is 3. The Morgan fingerprint density at radius 2 is 2.19 bits per heavy atom. The van der Waals surface area contributed by atoms with Gasteiger partial charge in [-0.15, -0.1) is 0 Å². The van der Waals surface area contributed by atoms with Gasteiger partial charge in [0.15, 0.2) is 0 Å². The van der Waals surface area contributed by atoms with Crippen LogP contribution < -0.4 is 9.47 Å². The normalized spacial score (nSPS) is 18.5. The summed E-state index contributed by atoms with van der Waals surface area (Å²) in [5, 5.41) is 0. The van der Waals surface area contributed by atoms with E-state index < -0.39 is 15.8 Å². The molecule has 1 aromatic heterocycles. The number of methoxy groups -OCH3 is 1. The standard InChI is InChI=1S/C17H20FN3O4S/c1-24-17-19-8-7-16(20-17)25-15-6-3-9-21(11-15)26(22,23)12-13-4-2-5-14(18)10-13/h2,4-5,7-8,10,15H,3,6,9,11-12H2,1H3. The SMILES string of the molecule is COc1nccc(OC2CCCN(S(=O)(=O)Cc3cccc(F)c3)C2)n1. The summed E-state index contributed by atoms with van der Waals surface area (Å²) in [5.74, 6) is -0.347. The van der Waals surface area contributed by atoms with Crippen LogP contribution >= 0.6 is 0 Å². The van der Waals surface area contributed by atoms with Gasteiger partial charge in [0, 0.05) is 18.8 Å². The molecule has 7 nitrogen and oxygen atoms in total. The molecule has 0 aliphatic carbocycles. The quantitative estimate of drug-likeness (QED) is 0.761. The first-order chi connectivity index (χ1) is 12.5. The summed E-state index contributed by atoms with van der Waals surface area (Å²) in [7, 11) is -2.10. The van der Waals surface area contributed by atoms with E-state index in [4.69, 9.17) is 9.47 Å².